The Balaban J connectivity index is 2.45. The van der Waals surface area contributed by atoms with Gasteiger partial charge in [-0.15, -0.1) is 0 Å². The minimum Gasteiger partial charge on any atom is -0.492 e. The lowest BCUT2D eigenvalue weighted by atomic mass is 10.1. The van der Waals surface area contributed by atoms with Crippen LogP contribution in [0.15, 0.2) is 24.8 Å². The number of nitrogens with zero attached hydrogens (tertiary/aromatic N) is 3. The zero-order valence-corrected chi connectivity index (χ0v) is 10.8. The summed E-state index contributed by atoms with van der Waals surface area (Å²) in [5.74, 6) is 1.57. The van der Waals surface area contributed by atoms with E-state index in [2.05, 4.69) is 20.3 Å². The average Bonchev–Trinajstić information content (AvgIpc) is 2.40. The number of aromatic nitrogens is 3. The normalized spacial score (nSPS) is 10.2. The van der Waals surface area contributed by atoms with Gasteiger partial charge in [0.15, 0.2) is 0 Å². The summed E-state index contributed by atoms with van der Waals surface area (Å²) >= 11 is 0. The molecule has 2 rings (SSSR count). The smallest absolute Gasteiger partial charge is 0.138 e. The molecule has 0 aliphatic rings. The second kappa shape index (κ2) is 5.44. The van der Waals surface area contributed by atoms with Crippen LogP contribution in [-0.2, 0) is 0 Å². The van der Waals surface area contributed by atoms with E-state index in [-0.39, 0.29) is 0 Å². The fraction of sp³-hybridized carbons (Fsp3) is 0.308. The largest absolute Gasteiger partial charge is 0.492 e. The van der Waals surface area contributed by atoms with Gasteiger partial charge in [-0.3, -0.25) is 4.98 Å². The Hall–Kier alpha value is -2.17. The predicted molar refractivity (Wildman–Crippen MR) is 70.7 cm³/mol. The molecule has 0 aliphatic carbocycles. The molecule has 0 amide bonds. The molecule has 1 N–H and O–H groups in total. The van der Waals surface area contributed by atoms with E-state index < -0.39 is 0 Å². The third kappa shape index (κ3) is 2.40. The first-order valence-electron chi connectivity index (χ1n) is 5.83. The van der Waals surface area contributed by atoms with E-state index >= 15 is 0 Å². The first-order chi connectivity index (χ1) is 8.76. The van der Waals surface area contributed by atoms with Crippen molar-refractivity contribution >= 4 is 5.82 Å². The number of ether oxygens (including phenoxy) is 1. The van der Waals surface area contributed by atoms with Crippen molar-refractivity contribution in [3.8, 4) is 17.0 Å². The first-order valence-corrected chi connectivity index (χ1v) is 5.83. The lowest BCUT2D eigenvalue weighted by molar-refractivity contribution is 0.339. The molecule has 2 heterocycles. The molecule has 0 fully saturated rings. The summed E-state index contributed by atoms with van der Waals surface area (Å²) < 4.78 is 5.44. The molecule has 18 heavy (non-hydrogen) atoms. The Morgan fingerprint density at radius 1 is 1.28 bits per heavy atom. The van der Waals surface area contributed by atoms with E-state index in [1.54, 1.807) is 18.7 Å². The maximum atomic E-state index is 5.44. The summed E-state index contributed by atoms with van der Waals surface area (Å²) in [5.41, 5.74) is 2.79. The lowest BCUT2D eigenvalue weighted by Crippen LogP contribution is -2.00. The Kier molecular flexibility index (Phi) is 3.72. The third-order valence-corrected chi connectivity index (χ3v) is 2.62. The molecule has 94 valence electrons. The van der Waals surface area contributed by atoms with Crippen molar-refractivity contribution in [3.63, 3.8) is 0 Å². The molecule has 5 heteroatoms. The topological polar surface area (TPSA) is 59.9 Å². The van der Waals surface area contributed by atoms with Crippen molar-refractivity contribution in [1.29, 1.82) is 0 Å². The molecular formula is C13H16N4O. The fourth-order valence-corrected chi connectivity index (χ4v) is 1.79. The molecule has 0 spiro atoms. The highest BCUT2D eigenvalue weighted by atomic mass is 16.5. The van der Waals surface area contributed by atoms with Gasteiger partial charge in [0, 0.05) is 24.4 Å². The summed E-state index contributed by atoms with van der Waals surface area (Å²) in [6.45, 7) is 4.55. The SMILES string of the molecule is CCOc1cncc(-c2ncnc(NC)c2C)c1. The number of rotatable bonds is 4. The number of hydrogen-bond donors (Lipinski definition) is 1. The molecule has 2 aromatic rings. The quantitative estimate of drug-likeness (QED) is 0.894. The van der Waals surface area contributed by atoms with Crippen molar-refractivity contribution < 1.29 is 4.74 Å². The standard InChI is InChI=1S/C13H16N4O/c1-4-18-11-5-10(6-15-7-11)12-9(2)13(14-3)17-8-16-12/h5-8H,4H2,1-3H3,(H,14,16,17). The van der Waals surface area contributed by atoms with Crippen molar-refractivity contribution in [2.75, 3.05) is 19.0 Å². The highest BCUT2D eigenvalue weighted by Crippen LogP contribution is 2.26. The van der Waals surface area contributed by atoms with Crippen molar-refractivity contribution in [1.82, 2.24) is 15.0 Å². The van der Waals surface area contributed by atoms with E-state index in [9.17, 15) is 0 Å². The molecule has 0 aromatic carbocycles. The van der Waals surface area contributed by atoms with Crippen molar-refractivity contribution in [2.24, 2.45) is 0 Å². The van der Waals surface area contributed by atoms with E-state index in [1.807, 2.05) is 27.0 Å². The minimum absolute atomic E-state index is 0.621. The van der Waals surface area contributed by atoms with E-state index in [0.717, 1.165) is 28.4 Å². The number of hydrogen-bond acceptors (Lipinski definition) is 5. The van der Waals surface area contributed by atoms with Gasteiger partial charge in [0.2, 0.25) is 0 Å². The number of anilines is 1. The van der Waals surface area contributed by atoms with Gasteiger partial charge in [-0.05, 0) is 19.9 Å². The Morgan fingerprint density at radius 3 is 2.83 bits per heavy atom. The summed E-state index contributed by atoms with van der Waals surface area (Å²) in [6.07, 6.45) is 5.02. The molecule has 0 atom stereocenters. The molecule has 0 unspecified atom stereocenters. The summed E-state index contributed by atoms with van der Waals surface area (Å²) in [7, 11) is 1.84. The molecule has 2 aromatic heterocycles. The first kappa shape index (κ1) is 12.3. The monoisotopic (exact) mass is 244 g/mol. The van der Waals surface area contributed by atoms with Crippen LogP contribution in [0.1, 0.15) is 12.5 Å². The number of pyridine rings is 1. The van der Waals surface area contributed by atoms with Crippen molar-refractivity contribution in [3.05, 3.63) is 30.4 Å². The minimum atomic E-state index is 0.621. The van der Waals surface area contributed by atoms with Gasteiger partial charge in [0.1, 0.15) is 17.9 Å². The Morgan fingerprint density at radius 2 is 2.11 bits per heavy atom. The summed E-state index contributed by atoms with van der Waals surface area (Å²) in [5, 5.41) is 3.04. The van der Waals surface area contributed by atoms with Gasteiger partial charge < -0.3 is 10.1 Å². The molecule has 0 aliphatic heterocycles. The number of nitrogens with one attached hydrogen (secondary N) is 1. The highest BCUT2D eigenvalue weighted by molar-refractivity contribution is 5.67. The van der Waals surface area contributed by atoms with Crippen LogP contribution in [0.2, 0.25) is 0 Å². The molecule has 0 saturated heterocycles. The molecule has 5 nitrogen and oxygen atoms in total. The van der Waals surface area contributed by atoms with Gasteiger partial charge in [0.05, 0.1) is 18.5 Å². The third-order valence-electron chi connectivity index (χ3n) is 2.62. The fourth-order valence-electron chi connectivity index (χ4n) is 1.79. The van der Waals surface area contributed by atoms with E-state index in [0.29, 0.717) is 6.61 Å². The molecule has 0 saturated carbocycles. The van der Waals surface area contributed by atoms with Gasteiger partial charge in [-0.25, -0.2) is 9.97 Å². The predicted octanol–water partition coefficient (Wildman–Crippen LogP) is 2.29. The lowest BCUT2D eigenvalue weighted by Gasteiger charge is -2.09. The Labute approximate surface area is 106 Å². The van der Waals surface area contributed by atoms with Crippen LogP contribution in [-0.4, -0.2) is 28.6 Å². The summed E-state index contributed by atoms with van der Waals surface area (Å²) in [6, 6.07) is 1.94. The van der Waals surface area contributed by atoms with Crippen LogP contribution in [0.4, 0.5) is 5.82 Å². The van der Waals surface area contributed by atoms with Gasteiger partial charge >= 0.3 is 0 Å². The zero-order valence-electron chi connectivity index (χ0n) is 10.8. The molecule has 0 bridgehead atoms. The van der Waals surface area contributed by atoms with Gasteiger partial charge in [-0.2, -0.15) is 0 Å². The van der Waals surface area contributed by atoms with Crippen LogP contribution in [0.5, 0.6) is 5.75 Å². The second-order valence-electron chi connectivity index (χ2n) is 3.79. The maximum Gasteiger partial charge on any atom is 0.138 e. The average molecular weight is 244 g/mol. The second-order valence-corrected chi connectivity index (χ2v) is 3.79. The van der Waals surface area contributed by atoms with Crippen LogP contribution in [0.3, 0.4) is 0 Å². The molecular weight excluding hydrogens is 228 g/mol. The Bertz CT molecular complexity index is 542. The van der Waals surface area contributed by atoms with Gasteiger partial charge in [-0.1, -0.05) is 0 Å². The van der Waals surface area contributed by atoms with Crippen molar-refractivity contribution in [2.45, 2.75) is 13.8 Å². The van der Waals surface area contributed by atoms with E-state index in [1.165, 1.54) is 0 Å². The van der Waals surface area contributed by atoms with E-state index in [4.69, 9.17) is 4.74 Å². The zero-order chi connectivity index (χ0) is 13.0. The highest BCUT2D eigenvalue weighted by Gasteiger charge is 2.09. The van der Waals surface area contributed by atoms with Crippen LogP contribution in [0.25, 0.3) is 11.3 Å². The van der Waals surface area contributed by atoms with Crippen LogP contribution in [0, 0.1) is 6.92 Å². The maximum absolute atomic E-state index is 5.44. The summed E-state index contributed by atoms with van der Waals surface area (Å²) in [4.78, 5) is 12.6. The van der Waals surface area contributed by atoms with Gasteiger partial charge in [0.25, 0.3) is 0 Å². The van der Waals surface area contributed by atoms with Crippen LogP contribution < -0.4 is 10.1 Å². The molecule has 0 radical (unpaired) electrons. The van der Waals surface area contributed by atoms with Crippen LogP contribution >= 0.6 is 0 Å².